The Balaban J connectivity index is 2.99. The first-order valence-corrected chi connectivity index (χ1v) is 5.93. The monoisotopic (exact) mass is 260 g/mol. The highest BCUT2D eigenvalue weighted by Crippen LogP contribution is 2.31. The Hall–Kier alpha value is -1.27. The van der Waals surface area contributed by atoms with Gasteiger partial charge in [0.15, 0.2) is 5.82 Å². The zero-order valence-corrected chi connectivity index (χ0v) is 9.63. The molecular formula is C9H6ClFN2O2S. The fourth-order valence-electron chi connectivity index (χ4n) is 1.42. The van der Waals surface area contributed by atoms with E-state index in [1.54, 1.807) is 13.0 Å². The summed E-state index contributed by atoms with van der Waals surface area (Å²) in [5.41, 5.74) is -0.904. The third-order valence-corrected chi connectivity index (χ3v) is 3.30. The first-order valence-electron chi connectivity index (χ1n) is 4.28. The second-order valence-electron chi connectivity index (χ2n) is 3.24. The quantitative estimate of drug-likeness (QED) is 0.770. The molecule has 0 aliphatic rings. The average molecular weight is 261 g/mol. The smallest absolute Gasteiger partial charge is 0.314 e. The van der Waals surface area contributed by atoms with Crippen molar-refractivity contribution < 1.29 is 4.39 Å². The van der Waals surface area contributed by atoms with E-state index in [1.165, 1.54) is 0 Å². The number of H-pyrrole nitrogens is 2. The predicted octanol–water partition coefficient (Wildman–Crippen LogP) is 1.91. The van der Waals surface area contributed by atoms with Gasteiger partial charge in [-0.05, 0) is 40.2 Å². The first-order chi connectivity index (χ1) is 7.54. The molecule has 0 saturated carbocycles. The third-order valence-electron chi connectivity index (χ3n) is 2.18. The van der Waals surface area contributed by atoms with Crippen LogP contribution >= 0.6 is 21.7 Å². The minimum absolute atomic E-state index is 0.0432. The Morgan fingerprint density at radius 3 is 2.56 bits per heavy atom. The molecule has 0 saturated heterocycles. The zero-order valence-electron chi connectivity index (χ0n) is 8.06. The van der Waals surface area contributed by atoms with Crippen LogP contribution in [0.2, 0.25) is 0 Å². The largest absolute Gasteiger partial charge is 0.316 e. The Labute approximate surface area is 97.3 Å². The molecule has 0 aliphatic carbocycles. The van der Waals surface area contributed by atoms with Crippen LogP contribution in [-0.2, 0) is 0 Å². The molecule has 4 nitrogen and oxygen atoms in total. The van der Waals surface area contributed by atoms with Crippen LogP contribution in [-0.4, -0.2) is 9.97 Å². The molecule has 7 heteroatoms. The van der Waals surface area contributed by atoms with Crippen LogP contribution in [0.5, 0.6) is 0 Å². The van der Waals surface area contributed by atoms with E-state index < -0.39 is 16.9 Å². The number of hydrogen-bond donors (Lipinski definition) is 2. The van der Waals surface area contributed by atoms with Gasteiger partial charge < -0.3 is 9.97 Å². The maximum atomic E-state index is 13.8. The lowest BCUT2D eigenvalue weighted by molar-refractivity contribution is 0.608. The summed E-state index contributed by atoms with van der Waals surface area (Å²) in [6.45, 7) is 1.66. The van der Waals surface area contributed by atoms with Crippen molar-refractivity contribution in [1.29, 1.82) is 0 Å². The van der Waals surface area contributed by atoms with E-state index in [9.17, 15) is 14.0 Å². The maximum absolute atomic E-state index is 13.8. The van der Waals surface area contributed by atoms with E-state index in [2.05, 4.69) is 9.97 Å². The van der Waals surface area contributed by atoms with Gasteiger partial charge in [0.2, 0.25) is 0 Å². The number of aromatic nitrogens is 2. The van der Waals surface area contributed by atoms with Crippen LogP contribution in [0.4, 0.5) is 4.39 Å². The van der Waals surface area contributed by atoms with E-state index in [1.807, 2.05) is 0 Å². The summed E-state index contributed by atoms with van der Waals surface area (Å²) >= 11 is 0. The Bertz CT molecular complexity index is 679. The van der Waals surface area contributed by atoms with Gasteiger partial charge in [0.1, 0.15) is 5.52 Å². The van der Waals surface area contributed by atoms with Crippen molar-refractivity contribution in [1.82, 2.24) is 9.97 Å². The van der Waals surface area contributed by atoms with E-state index in [-0.39, 0.29) is 15.9 Å². The summed E-state index contributed by atoms with van der Waals surface area (Å²) in [5, 5.41) is 0. The molecule has 0 atom stereocenters. The van der Waals surface area contributed by atoms with Gasteiger partial charge in [-0.15, -0.1) is 0 Å². The predicted molar refractivity (Wildman–Crippen MR) is 61.6 cm³/mol. The zero-order chi connectivity index (χ0) is 11.9. The number of nitrogens with one attached hydrogen (secondary N) is 2. The molecule has 16 heavy (non-hydrogen) atoms. The van der Waals surface area contributed by atoms with Gasteiger partial charge in [-0.1, -0.05) is 0 Å². The highest BCUT2D eigenvalue weighted by Gasteiger charge is 2.13. The SMILES string of the molecule is Cc1cc2[nH]c(=O)c(=O)[nH]c2c(F)c1SCl. The molecule has 2 rings (SSSR count). The standard InChI is InChI=1S/C9H6ClFN2O2S/c1-3-2-4-6(5(11)7(3)16-10)13-9(15)8(14)12-4/h2H,1H3,(H,12,14)(H,13,15). The molecule has 0 spiro atoms. The highest BCUT2D eigenvalue weighted by molar-refractivity contribution is 8.21. The maximum Gasteiger partial charge on any atom is 0.314 e. The lowest BCUT2D eigenvalue weighted by atomic mass is 10.2. The molecule has 0 bridgehead atoms. The lowest BCUT2D eigenvalue weighted by Crippen LogP contribution is -2.29. The van der Waals surface area contributed by atoms with Crippen LogP contribution in [0.15, 0.2) is 20.6 Å². The number of aryl methyl sites for hydroxylation is 1. The number of hydrogen-bond acceptors (Lipinski definition) is 3. The van der Waals surface area contributed by atoms with Crippen molar-refractivity contribution in [2.45, 2.75) is 11.8 Å². The number of aromatic amines is 2. The second kappa shape index (κ2) is 3.95. The molecule has 1 aromatic heterocycles. The van der Waals surface area contributed by atoms with Gasteiger partial charge in [-0.3, -0.25) is 9.59 Å². The van der Waals surface area contributed by atoms with Crippen molar-refractivity contribution >= 4 is 32.7 Å². The third kappa shape index (κ3) is 1.64. The molecule has 0 fully saturated rings. The van der Waals surface area contributed by atoms with E-state index in [4.69, 9.17) is 10.7 Å². The molecule has 2 aromatic rings. The van der Waals surface area contributed by atoms with Gasteiger partial charge >= 0.3 is 11.1 Å². The summed E-state index contributed by atoms with van der Waals surface area (Å²) in [6, 6.07) is 1.56. The number of benzene rings is 1. The minimum Gasteiger partial charge on any atom is -0.316 e. The summed E-state index contributed by atoms with van der Waals surface area (Å²) < 4.78 is 13.8. The number of halogens is 2. The molecule has 84 valence electrons. The number of fused-ring (bicyclic) bond motifs is 1. The van der Waals surface area contributed by atoms with Crippen LogP contribution in [0.3, 0.4) is 0 Å². The van der Waals surface area contributed by atoms with Crippen molar-refractivity contribution in [2.24, 2.45) is 0 Å². The van der Waals surface area contributed by atoms with E-state index in [0.29, 0.717) is 5.56 Å². The number of rotatable bonds is 1. The average Bonchev–Trinajstić information content (AvgIpc) is 2.22. The van der Waals surface area contributed by atoms with Gasteiger partial charge in [0, 0.05) is 0 Å². The normalized spacial score (nSPS) is 10.9. The Morgan fingerprint density at radius 1 is 1.31 bits per heavy atom. The minimum atomic E-state index is -0.888. The van der Waals surface area contributed by atoms with Crippen LogP contribution in [0, 0.1) is 12.7 Å². The van der Waals surface area contributed by atoms with Crippen LogP contribution < -0.4 is 11.1 Å². The van der Waals surface area contributed by atoms with Gasteiger partial charge in [-0.2, -0.15) is 0 Å². The molecule has 2 N–H and O–H groups in total. The second-order valence-corrected chi connectivity index (χ2v) is 4.27. The molecule has 1 heterocycles. The van der Waals surface area contributed by atoms with Crippen molar-refractivity contribution in [2.75, 3.05) is 0 Å². The Morgan fingerprint density at radius 2 is 1.94 bits per heavy atom. The molecule has 0 amide bonds. The van der Waals surface area contributed by atoms with Gasteiger partial charge in [0.05, 0.1) is 10.4 Å². The Kier molecular flexibility index (Phi) is 2.77. The highest BCUT2D eigenvalue weighted by atomic mass is 35.7. The van der Waals surface area contributed by atoms with Gasteiger partial charge in [-0.25, -0.2) is 4.39 Å². The topological polar surface area (TPSA) is 65.7 Å². The van der Waals surface area contributed by atoms with Crippen molar-refractivity contribution in [3.05, 3.63) is 38.2 Å². The summed E-state index contributed by atoms with van der Waals surface area (Å²) in [4.78, 5) is 26.8. The fraction of sp³-hybridized carbons (Fsp3) is 0.111. The molecule has 0 unspecified atom stereocenters. The summed E-state index contributed by atoms with van der Waals surface area (Å²) in [7, 11) is 6.25. The molecular weight excluding hydrogens is 255 g/mol. The lowest BCUT2D eigenvalue weighted by Gasteiger charge is -2.06. The summed E-state index contributed by atoms with van der Waals surface area (Å²) in [5.74, 6) is -0.636. The molecule has 0 radical (unpaired) electrons. The molecule has 0 aliphatic heterocycles. The summed E-state index contributed by atoms with van der Waals surface area (Å²) in [6.07, 6.45) is 0. The van der Waals surface area contributed by atoms with Crippen LogP contribution in [0.1, 0.15) is 5.56 Å². The van der Waals surface area contributed by atoms with Crippen molar-refractivity contribution in [3.8, 4) is 0 Å². The van der Waals surface area contributed by atoms with Crippen LogP contribution in [0.25, 0.3) is 11.0 Å². The van der Waals surface area contributed by atoms with E-state index in [0.717, 1.165) is 11.0 Å². The van der Waals surface area contributed by atoms with Crippen molar-refractivity contribution in [3.63, 3.8) is 0 Å². The van der Waals surface area contributed by atoms with E-state index >= 15 is 0 Å². The van der Waals surface area contributed by atoms with Gasteiger partial charge in [0.25, 0.3) is 0 Å². The molecule has 1 aromatic carbocycles. The fourth-order valence-corrected chi connectivity index (χ4v) is 2.34. The first kappa shape index (κ1) is 11.2.